The fourth-order valence-electron chi connectivity index (χ4n) is 3.09. The van der Waals surface area contributed by atoms with Crippen LogP contribution in [-0.4, -0.2) is 74.6 Å². The number of benzene rings is 1. The molecule has 0 spiro atoms. The number of aryl methyl sites for hydroxylation is 2. The van der Waals surface area contributed by atoms with E-state index in [0.717, 1.165) is 36.2 Å². The van der Waals surface area contributed by atoms with Crippen LogP contribution in [0.4, 0.5) is 0 Å². The average molecular weight is 347 g/mol. The van der Waals surface area contributed by atoms with E-state index in [2.05, 4.69) is 16.3 Å². The first-order chi connectivity index (χ1) is 12.0. The second-order valence-electron chi connectivity index (χ2n) is 6.64. The van der Waals surface area contributed by atoms with E-state index >= 15 is 0 Å². The van der Waals surface area contributed by atoms with E-state index in [1.54, 1.807) is 7.11 Å². The van der Waals surface area contributed by atoms with Gasteiger partial charge in [0.2, 0.25) is 5.91 Å². The number of methoxy groups -OCH3 is 1. The van der Waals surface area contributed by atoms with Crippen LogP contribution in [0.1, 0.15) is 27.9 Å². The Morgan fingerprint density at radius 3 is 2.32 bits per heavy atom. The van der Waals surface area contributed by atoms with Crippen LogP contribution in [0.2, 0.25) is 0 Å². The summed E-state index contributed by atoms with van der Waals surface area (Å²) >= 11 is 0. The van der Waals surface area contributed by atoms with E-state index in [1.807, 2.05) is 30.9 Å². The number of hydrogen-bond donors (Lipinski definition) is 1. The molecule has 138 valence electrons. The average Bonchev–Trinajstić information content (AvgIpc) is 2.58. The largest absolute Gasteiger partial charge is 0.385 e. The van der Waals surface area contributed by atoms with Crippen molar-refractivity contribution in [3.05, 3.63) is 34.9 Å². The first-order valence-corrected chi connectivity index (χ1v) is 8.85. The van der Waals surface area contributed by atoms with Gasteiger partial charge in [0, 0.05) is 52.0 Å². The summed E-state index contributed by atoms with van der Waals surface area (Å²) in [6.45, 7) is 8.45. The Morgan fingerprint density at radius 2 is 1.72 bits per heavy atom. The first kappa shape index (κ1) is 19.4. The Kier molecular flexibility index (Phi) is 7.40. The molecule has 1 aromatic carbocycles. The van der Waals surface area contributed by atoms with Crippen LogP contribution >= 0.6 is 0 Å². The maximum Gasteiger partial charge on any atom is 0.253 e. The maximum atomic E-state index is 12.7. The Labute approximate surface area is 150 Å². The Morgan fingerprint density at radius 1 is 1.08 bits per heavy atom. The molecule has 0 unspecified atom stereocenters. The van der Waals surface area contributed by atoms with Gasteiger partial charge in [-0.15, -0.1) is 0 Å². The molecule has 1 N–H and O–H groups in total. The minimum Gasteiger partial charge on any atom is -0.385 e. The SMILES string of the molecule is COCCCNC(=O)CN1CCN(C(=O)c2cc(C)cc(C)c2)CC1. The summed E-state index contributed by atoms with van der Waals surface area (Å²) in [5.74, 6) is 0.112. The zero-order chi connectivity index (χ0) is 18.2. The lowest BCUT2D eigenvalue weighted by Crippen LogP contribution is -2.51. The smallest absolute Gasteiger partial charge is 0.253 e. The van der Waals surface area contributed by atoms with E-state index in [1.165, 1.54) is 0 Å². The van der Waals surface area contributed by atoms with Gasteiger partial charge < -0.3 is 15.0 Å². The van der Waals surface area contributed by atoms with Gasteiger partial charge >= 0.3 is 0 Å². The fourth-order valence-corrected chi connectivity index (χ4v) is 3.09. The summed E-state index contributed by atoms with van der Waals surface area (Å²) in [5.41, 5.74) is 2.96. The normalized spacial score (nSPS) is 15.2. The van der Waals surface area contributed by atoms with Gasteiger partial charge in [0.1, 0.15) is 0 Å². The van der Waals surface area contributed by atoms with Crippen LogP contribution in [0.3, 0.4) is 0 Å². The molecule has 6 heteroatoms. The zero-order valence-corrected chi connectivity index (χ0v) is 15.5. The van der Waals surface area contributed by atoms with Crippen LogP contribution in [0.25, 0.3) is 0 Å². The molecule has 2 amide bonds. The molecule has 2 rings (SSSR count). The van der Waals surface area contributed by atoms with Crippen molar-refractivity contribution in [2.45, 2.75) is 20.3 Å². The van der Waals surface area contributed by atoms with E-state index in [4.69, 9.17) is 4.74 Å². The Bertz CT molecular complexity index is 575. The second-order valence-corrected chi connectivity index (χ2v) is 6.64. The predicted octanol–water partition coefficient (Wildman–Crippen LogP) is 1.21. The number of rotatable bonds is 7. The van der Waals surface area contributed by atoms with E-state index < -0.39 is 0 Å². The van der Waals surface area contributed by atoms with Crippen molar-refractivity contribution < 1.29 is 14.3 Å². The lowest BCUT2D eigenvalue weighted by atomic mass is 10.1. The molecule has 0 atom stereocenters. The zero-order valence-electron chi connectivity index (χ0n) is 15.5. The molecule has 0 saturated carbocycles. The highest BCUT2D eigenvalue weighted by Gasteiger charge is 2.23. The summed E-state index contributed by atoms with van der Waals surface area (Å²) in [6, 6.07) is 5.95. The molecule has 1 fully saturated rings. The molecule has 1 saturated heterocycles. The van der Waals surface area contributed by atoms with Gasteiger partial charge in [-0.05, 0) is 32.4 Å². The van der Waals surface area contributed by atoms with Crippen molar-refractivity contribution in [1.82, 2.24) is 15.1 Å². The summed E-state index contributed by atoms with van der Waals surface area (Å²) in [6.07, 6.45) is 0.820. The van der Waals surface area contributed by atoms with Gasteiger partial charge in [0.15, 0.2) is 0 Å². The third-order valence-corrected chi connectivity index (χ3v) is 4.34. The molecule has 1 aliphatic rings. The minimum absolute atomic E-state index is 0.0326. The van der Waals surface area contributed by atoms with Crippen LogP contribution in [0.5, 0.6) is 0 Å². The van der Waals surface area contributed by atoms with Gasteiger partial charge in [-0.3, -0.25) is 14.5 Å². The van der Waals surface area contributed by atoms with Crippen molar-refractivity contribution in [2.75, 3.05) is 53.0 Å². The lowest BCUT2D eigenvalue weighted by Gasteiger charge is -2.34. The molecule has 1 aromatic rings. The van der Waals surface area contributed by atoms with Gasteiger partial charge in [-0.25, -0.2) is 0 Å². The summed E-state index contributed by atoms with van der Waals surface area (Å²) < 4.78 is 4.96. The standard InChI is InChI=1S/C19H29N3O3/c1-15-11-16(2)13-17(12-15)19(24)22-8-6-21(7-9-22)14-18(23)20-5-4-10-25-3/h11-13H,4-10,14H2,1-3H3,(H,20,23). The van der Waals surface area contributed by atoms with Gasteiger partial charge in [-0.1, -0.05) is 17.2 Å². The number of ether oxygens (including phenoxy) is 1. The molecular weight excluding hydrogens is 318 g/mol. The highest BCUT2D eigenvalue weighted by Crippen LogP contribution is 2.13. The van der Waals surface area contributed by atoms with Crippen molar-refractivity contribution >= 4 is 11.8 Å². The van der Waals surface area contributed by atoms with Crippen LogP contribution in [-0.2, 0) is 9.53 Å². The first-order valence-electron chi connectivity index (χ1n) is 8.85. The monoisotopic (exact) mass is 347 g/mol. The molecule has 1 heterocycles. The number of amides is 2. The van der Waals surface area contributed by atoms with Gasteiger partial charge in [0.05, 0.1) is 6.54 Å². The van der Waals surface area contributed by atoms with E-state index in [0.29, 0.717) is 32.8 Å². The second kappa shape index (κ2) is 9.53. The highest BCUT2D eigenvalue weighted by atomic mass is 16.5. The van der Waals surface area contributed by atoms with Crippen LogP contribution < -0.4 is 5.32 Å². The molecule has 0 radical (unpaired) electrons. The highest BCUT2D eigenvalue weighted by molar-refractivity contribution is 5.94. The van der Waals surface area contributed by atoms with Crippen molar-refractivity contribution in [1.29, 1.82) is 0 Å². The molecule has 25 heavy (non-hydrogen) atoms. The van der Waals surface area contributed by atoms with E-state index in [-0.39, 0.29) is 11.8 Å². The number of piperazine rings is 1. The number of hydrogen-bond acceptors (Lipinski definition) is 4. The Balaban J connectivity index is 1.77. The van der Waals surface area contributed by atoms with Gasteiger partial charge in [-0.2, -0.15) is 0 Å². The number of nitrogens with zero attached hydrogens (tertiary/aromatic N) is 2. The number of carbonyl (C=O) groups is 2. The van der Waals surface area contributed by atoms with Crippen molar-refractivity contribution in [2.24, 2.45) is 0 Å². The van der Waals surface area contributed by atoms with E-state index in [9.17, 15) is 9.59 Å². The Hall–Kier alpha value is -1.92. The predicted molar refractivity (Wildman–Crippen MR) is 97.8 cm³/mol. The fraction of sp³-hybridized carbons (Fsp3) is 0.579. The third kappa shape index (κ3) is 6.14. The van der Waals surface area contributed by atoms with Crippen LogP contribution in [0.15, 0.2) is 18.2 Å². The molecule has 0 bridgehead atoms. The topological polar surface area (TPSA) is 61.9 Å². The summed E-state index contributed by atoms with van der Waals surface area (Å²) in [4.78, 5) is 28.5. The lowest BCUT2D eigenvalue weighted by molar-refractivity contribution is -0.122. The van der Waals surface area contributed by atoms with Crippen LogP contribution in [0, 0.1) is 13.8 Å². The molecule has 0 aliphatic carbocycles. The third-order valence-electron chi connectivity index (χ3n) is 4.34. The maximum absolute atomic E-state index is 12.7. The summed E-state index contributed by atoms with van der Waals surface area (Å²) in [7, 11) is 1.65. The number of nitrogens with one attached hydrogen (secondary N) is 1. The van der Waals surface area contributed by atoms with Crippen molar-refractivity contribution in [3.8, 4) is 0 Å². The van der Waals surface area contributed by atoms with Crippen molar-refractivity contribution in [3.63, 3.8) is 0 Å². The molecule has 6 nitrogen and oxygen atoms in total. The molecule has 0 aromatic heterocycles. The molecular formula is C19H29N3O3. The number of carbonyl (C=O) groups excluding carboxylic acids is 2. The molecule has 1 aliphatic heterocycles. The van der Waals surface area contributed by atoms with Gasteiger partial charge in [0.25, 0.3) is 5.91 Å². The minimum atomic E-state index is 0.0326. The quantitative estimate of drug-likeness (QED) is 0.753. The summed E-state index contributed by atoms with van der Waals surface area (Å²) in [5, 5.41) is 2.90.